The molecular formula is C10H19O5-. The van der Waals surface area contributed by atoms with Crippen LogP contribution in [0.25, 0.3) is 0 Å². The monoisotopic (exact) mass is 219 g/mol. The molecule has 0 aliphatic rings. The van der Waals surface area contributed by atoms with Crippen LogP contribution < -0.4 is 5.11 Å². The van der Waals surface area contributed by atoms with E-state index in [9.17, 15) is 9.90 Å². The fourth-order valence-electron chi connectivity index (χ4n) is 1.16. The fraction of sp³-hybridized carbons (Fsp3) is 0.900. The van der Waals surface area contributed by atoms with Crippen LogP contribution in [-0.2, 0) is 19.0 Å². The minimum Gasteiger partial charge on any atom is -0.548 e. The van der Waals surface area contributed by atoms with E-state index < -0.39 is 5.97 Å². The average molecular weight is 219 g/mol. The second kappa shape index (κ2) is 9.89. The molecule has 5 heteroatoms. The molecule has 0 aromatic carbocycles. The molecule has 0 aliphatic heterocycles. The molecular weight excluding hydrogens is 200 g/mol. The van der Waals surface area contributed by atoms with Crippen LogP contribution in [0.4, 0.5) is 0 Å². The van der Waals surface area contributed by atoms with Gasteiger partial charge in [-0.15, -0.1) is 0 Å². The Labute approximate surface area is 90.3 Å². The lowest BCUT2D eigenvalue weighted by Crippen LogP contribution is -2.29. The van der Waals surface area contributed by atoms with E-state index in [0.717, 1.165) is 25.9 Å². The predicted octanol–water partition coefficient (Wildman–Crippen LogP) is -0.415. The van der Waals surface area contributed by atoms with Crippen LogP contribution in [0.5, 0.6) is 0 Å². The summed E-state index contributed by atoms with van der Waals surface area (Å²) in [6, 6.07) is 0. The maximum atomic E-state index is 10.1. The van der Waals surface area contributed by atoms with Gasteiger partial charge in [-0.1, -0.05) is 0 Å². The number of methoxy groups -OCH3 is 2. The number of aliphatic carboxylic acids is 1. The summed E-state index contributed by atoms with van der Waals surface area (Å²) < 4.78 is 14.9. The highest BCUT2D eigenvalue weighted by molar-refractivity contribution is 5.65. The summed E-state index contributed by atoms with van der Waals surface area (Å²) in [6.07, 6.45) is 2.73. The van der Waals surface area contributed by atoms with Crippen LogP contribution >= 0.6 is 0 Å². The van der Waals surface area contributed by atoms with E-state index in [-0.39, 0.29) is 19.3 Å². The molecule has 90 valence electrons. The minimum atomic E-state index is -1.20. The molecule has 0 amide bonds. The molecule has 0 aromatic heterocycles. The molecule has 5 nitrogen and oxygen atoms in total. The number of hydrogen-bond donors (Lipinski definition) is 0. The lowest BCUT2D eigenvalue weighted by atomic mass is 10.1. The quantitative estimate of drug-likeness (QED) is 0.467. The van der Waals surface area contributed by atoms with Gasteiger partial charge < -0.3 is 24.1 Å². The standard InChI is InChI=1S/C10H20O5/c1-13-6-4-3-5-9(14-2)7-15-8-10(11)12/h9H,3-8H2,1-2H3,(H,11,12)/p-1. The number of carboxylic acid groups (broad SMARTS) is 1. The summed E-state index contributed by atoms with van der Waals surface area (Å²) in [5.74, 6) is -1.20. The van der Waals surface area contributed by atoms with E-state index in [1.165, 1.54) is 0 Å². The van der Waals surface area contributed by atoms with Crippen molar-refractivity contribution in [3.8, 4) is 0 Å². The Kier molecular flexibility index (Phi) is 9.46. The van der Waals surface area contributed by atoms with Crippen LogP contribution in [0.3, 0.4) is 0 Å². The lowest BCUT2D eigenvalue weighted by Gasteiger charge is -2.15. The van der Waals surface area contributed by atoms with Crippen LogP contribution in [0, 0.1) is 0 Å². The molecule has 1 atom stereocenters. The predicted molar refractivity (Wildman–Crippen MR) is 52.4 cm³/mol. The summed E-state index contributed by atoms with van der Waals surface area (Å²) in [6.45, 7) is 0.645. The van der Waals surface area contributed by atoms with Gasteiger partial charge in [-0.3, -0.25) is 0 Å². The molecule has 0 N–H and O–H groups in total. The molecule has 0 saturated heterocycles. The molecule has 0 saturated carbocycles. The van der Waals surface area contributed by atoms with Crippen molar-refractivity contribution in [3.05, 3.63) is 0 Å². The van der Waals surface area contributed by atoms with Crippen molar-refractivity contribution < 1.29 is 24.1 Å². The highest BCUT2D eigenvalue weighted by Gasteiger charge is 2.06. The van der Waals surface area contributed by atoms with E-state index in [1.807, 2.05) is 0 Å². The summed E-state index contributed by atoms with van der Waals surface area (Å²) in [4.78, 5) is 10.1. The van der Waals surface area contributed by atoms with Crippen molar-refractivity contribution in [2.75, 3.05) is 34.0 Å². The summed E-state index contributed by atoms with van der Waals surface area (Å²) in [5.41, 5.74) is 0. The minimum absolute atomic E-state index is 0.0544. The number of carboxylic acids is 1. The summed E-state index contributed by atoms with van der Waals surface area (Å²) in [5, 5.41) is 10.1. The molecule has 0 heterocycles. The third kappa shape index (κ3) is 9.65. The third-order valence-electron chi connectivity index (χ3n) is 1.98. The van der Waals surface area contributed by atoms with Crippen molar-refractivity contribution in [2.45, 2.75) is 25.4 Å². The smallest absolute Gasteiger partial charge is 0.0862 e. The zero-order chi connectivity index (χ0) is 11.5. The Bertz CT molecular complexity index is 160. The topological polar surface area (TPSA) is 67.8 Å². The first kappa shape index (κ1) is 14.3. The van der Waals surface area contributed by atoms with Gasteiger partial charge in [0.25, 0.3) is 0 Å². The molecule has 0 bridgehead atoms. The molecule has 0 radical (unpaired) electrons. The molecule has 0 spiro atoms. The van der Waals surface area contributed by atoms with Gasteiger partial charge in [0.2, 0.25) is 0 Å². The Morgan fingerprint density at radius 2 is 2.07 bits per heavy atom. The molecule has 0 fully saturated rings. The van der Waals surface area contributed by atoms with Gasteiger partial charge >= 0.3 is 0 Å². The largest absolute Gasteiger partial charge is 0.548 e. The van der Waals surface area contributed by atoms with E-state index in [1.54, 1.807) is 14.2 Å². The van der Waals surface area contributed by atoms with Gasteiger partial charge in [-0.05, 0) is 19.3 Å². The van der Waals surface area contributed by atoms with Crippen LogP contribution in [-0.4, -0.2) is 46.1 Å². The van der Waals surface area contributed by atoms with Crippen molar-refractivity contribution in [1.82, 2.24) is 0 Å². The number of ether oxygens (including phenoxy) is 3. The van der Waals surface area contributed by atoms with Crippen molar-refractivity contribution in [2.24, 2.45) is 0 Å². The van der Waals surface area contributed by atoms with Crippen molar-refractivity contribution in [1.29, 1.82) is 0 Å². The Balaban J connectivity index is 3.41. The van der Waals surface area contributed by atoms with Crippen LogP contribution in [0.15, 0.2) is 0 Å². The van der Waals surface area contributed by atoms with E-state index >= 15 is 0 Å². The maximum Gasteiger partial charge on any atom is 0.0862 e. The second-order valence-electron chi connectivity index (χ2n) is 3.23. The lowest BCUT2D eigenvalue weighted by molar-refractivity contribution is -0.309. The van der Waals surface area contributed by atoms with Gasteiger partial charge in [-0.2, -0.15) is 0 Å². The molecule has 15 heavy (non-hydrogen) atoms. The first-order chi connectivity index (χ1) is 7.20. The van der Waals surface area contributed by atoms with Gasteiger partial charge in [0.1, 0.15) is 0 Å². The van der Waals surface area contributed by atoms with Crippen LogP contribution in [0.2, 0.25) is 0 Å². The average Bonchev–Trinajstić information content (AvgIpc) is 2.21. The number of hydrogen-bond acceptors (Lipinski definition) is 5. The number of unbranched alkanes of at least 4 members (excludes halogenated alkanes) is 1. The van der Waals surface area contributed by atoms with Crippen molar-refractivity contribution >= 4 is 5.97 Å². The van der Waals surface area contributed by atoms with Gasteiger partial charge in [0, 0.05) is 20.8 Å². The van der Waals surface area contributed by atoms with E-state index in [2.05, 4.69) is 0 Å². The molecule has 0 aromatic rings. The van der Waals surface area contributed by atoms with Gasteiger partial charge in [0.05, 0.1) is 25.3 Å². The highest BCUT2D eigenvalue weighted by atomic mass is 16.5. The van der Waals surface area contributed by atoms with Crippen molar-refractivity contribution in [3.63, 3.8) is 0 Å². The highest BCUT2D eigenvalue weighted by Crippen LogP contribution is 2.04. The zero-order valence-corrected chi connectivity index (χ0v) is 9.36. The molecule has 0 rings (SSSR count). The first-order valence-electron chi connectivity index (χ1n) is 5.00. The molecule has 1 unspecified atom stereocenters. The van der Waals surface area contributed by atoms with E-state index in [0.29, 0.717) is 0 Å². The van der Waals surface area contributed by atoms with Gasteiger partial charge in [0.15, 0.2) is 0 Å². The Morgan fingerprint density at radius 1 is 1.33 bits per heavy atom. The first-order valence-corrected chi connectivity index (χ1v) is 5.00. The zero-order valence-electron chi connectivity index (χ0n) is 9.36. The Morgan fingerprint density at radius 3 is 2.60 bits per heavy atom. The normalized spacial score (nSPS) is 12.7. The Hall–Kier alpha value is -0.650. The summed E-state index contributed by atoms with van der Waals surface area (Å²) in [7, 11) is 3.25. The second-order valence-corrected chi connectivity index (χ2v) is 3.23. The summed E-state index contributed by atoms with van der Waals surface area (Å²) >= 11 is 0. The molecule has 0 aliphatic carbocycles. The van der Waals surface area contributed by atoms with E-state index in [4.69, 9.17) is 14.2 Å². The fourth-order valence-corrected chi connectivity index (χ4v) is 1.16. The maximum absolute atomic E-state index is 10.1. The third-order valence-corrected chi connectivity index (χ3v) is 1.98. The van der Waals surface area contributed by atoms with Crippen LogP contribution in [0.1, 0.15) is 19.3 Å². The SMILES string of the molecule is COCCCCC(COCC(=O)[O-])OC. The number of carbonyl (C=O) groups excluding carboxylic acids is 1. The van der Waals surface area contributed by atoms with Gasteiger partial charge in [-0.25, -0.2) is 0 Å². The number of carbonyl (C=O) groups is 1. The number of rotatable bonds is 10.